The normalized spacial score (nSPS) is 11.1. The molecule has 0 aliphatic rings. The summed E-state index contributed by atoms with van der Waals surface area (Å²) < 4.78 is 38.3. The van der Waals surface area contributed by atoms with E-state index >= 15 is 0 Å². The standard InChI is InChI=1S/C18H17F2N3O3/c1-3-25-18(24)13-9-23-16(10(13)2)15(6-7-22-23)26-11-4-5-14(21)12(8-11)17(19)20/h4-9,17H,3,21H2,1-2H3. The van der Waals surface area contributed by atoms with Gasteiger partial charge in [-0.05, 0) is 37.6 Å². The molecule has 3 rings (SSSR count). The average Bonchev–Trinajstić information content (AvgIpc) is 2.94. The van der Waals surface area contributed by atoms with Crippen molar-refractivity contribution < 1.29 is 23.0 Å². The maximum atomic E-state index is 13.0. The second-order valence-corrected chi connectivity index (χ2v) is 5.57. The fourth-order valence-corrected chi connectivity index (χ4v) is 2.65. The number of nitrogens with two attached hydrogens (primary N) is 1. The number of halogens is 2. The third kappa shape index (κ3) is 3.17. The lowest BCUT2D eigenvalue weighted by molar-refractivity contribution is 0.0525. The van der Waals surface area contributed by atoms with Gasteiger partial charge in [-0.25, -0.2) is 18.1 Å². The molecule has 2 aromatic heterocycles. The number of aromatic nitrogens is 2. The van der Waals surface area contributed by atoms with E-state index in [1.807, 2.05) is 0 Å². The van der Waals surface area contributed by atoms with Gasteiger partial charge in [0.15, 0.2) is 5.75 Å². The van der Waals surface area contributed by atoms with Crippen LogP contribution in [0.4, 0.5) is 14.5 Å². The van der Waals surface area contributed by atoms with Gasteiger partial charge in [0.2, 0.25) is 0 Å². The van der Waals surface area contributed by atoms with E-state index in [-0.39, 0.29) is 23.6 Å². The summed E-state index contributed by atoms with van der Waals surface area (Å²) in [6.45, 7) is 3.71. The van der Waals surface area contributed by atoms with Gasteiger partial charge in [0.25, 0.3) is 6.43 Å². The van der Waals surface area contributed by atoms with Crippen LogP contribution in [0.2, 0.25) is 0 Å². The Hall–Kier alpha value is -3.16. The molecule has 0 aliphatic heterocycles. The summed E-state index contributed by atoms with van der Waals surface area (Å²) in [5, 5.41) is 4.16. The van der Waals surface area contributed by atoms with Gasteiger partial charge in [0.05, 0.1) is 18.4 Å². The Labute approximate surface area is 148 Å². The molecular formula is C18H17F2N3O3. The first kappa shape index (κ1) is 17.7. The van der Waals surface area contributed by atoms with Gasteiger partial charge in [0, 0.05) is 23.5 Å². The van der Waals surface area contributed by atoms with E-state index < -0.39 is 12.4 Å². The number of carbonyl (C=O) groups excluding carboxylic acids is 1. The number of anilines is 1. The van der Waals surface area contributed by atoms with Crippen molar-refractivity contribution in [3.05, 3.63) is 53.3 Å². The molecule has 0 unspecified atom stereocenters. The molecule has 1 aromatic carbocycles. The van der Waals surface area contributed by atoms with Gasteiger partial charge in [-0.3, -0.25) is 0 Å². The predicted molar refractivity (Wildman–Crippen MR) is 91.8 cm³/mol. The molecule has 0 amide bonds. The van der Waals surface area contributed by atoms with Crippen LogP contribution >= 0.6 is 0 Å². The van der Waals surface area contributed by atoms with E-state index in [9.17, 15) is 13.6 Å². The summed E-state index contributed by atoms with van der Waals surface area (Å²) in [5.41, 5.74) is 6.79. The SMILES string of the molecule is CCOC(=O)c1cn2nccc(Oc3ccc(N)c(C(F)F)c3)c2c1C. The van der Waals surface area contributed by atoms with Crippen LogP contribution in [-0.4, -0.2) is 22.2 Å². The highest BCUT2D eigenvalue weighted by Crippen LogP contribution is 2.34. The van der Waals surface area contributed by atoms with Crippen LogP contribution in [0.1, 0.15) is 34.8 Å². The number of fused-ring (bicyclic) bond motifs is 1. The lowest BCUT2D eigenvalue weighted by atomic mass is 10.1. The highest BCUT2D eigenvalue weighted by atomic mass is 19.3. The van der Waals surface area contributed by atoms with Gasteiger partial charge in [0.1, 0.15) is 11.3 Å². The zero-order valence-corrected chi connectivity index (χ0v) is 14.2. The zero-order valence-electron chi connectivity index (χ0n) is 14.2. The van der Waals surface area contributed by atoms with E-state index in [0.29, 0.717) is 22.4 Å². The van der Waals surface area contributed by atoms with Crippen LogP contribution in [0.5, 0.6) is 11.5 Å². The summed E-state index contributed by atoms with van der Waals surface area (Å²) >= 11 is 0. The minimum atomic E-state index is -2.71. The number of aryl methyl sites for hydroxylation is 1. The first-order valence-electron chi connectivity index (χ1n) is 7.91. The lowest BCUT2D eigenvalue weighted by Gasteiger charge is -2.11. The molecule has 0 saturated carbocycles. The molecule has 0 spiro atoms. The summed E-state index contributed by atoms with van der Waals surface area (Å²) in [4.78, 5) is 12.1. The van der Waals surface area contributed by atoms with E-state index in [0.717, 1.165) is 0 Å². The van der Waals surface area contributed by atoms with Crippen molar-refractivity contribution >= 4 is 17.2 Å². The highest BCUT2D eigenvalue weighted by molar-refractivity contribution is 5.94. The Morgan fingerprint density at radius 3 is 2.81 bits per heavy atom. The molecule has 136 valence electrons. The van der Waals surface area contributed by atoms with Crippen LogP contribution in [0.3, 0.4) is 0 Å². The molecule has 3 aromatic rings. The predicted octanol–water partition coefficient (Wildman–Crippen LogP) is 4.13. The number of hydrogen-bond acceptors (Lipinski definition) is 5. The second kappa shape index (κ2) is 6.99. The van der Waals surface area contributed by atoms with E-state index in [1.54, 1.807) is 26.1 Å². The molecule has 2 N–H and O–H groups in total. The minimum Gasteiger partial charge on any atom is -0.462 e. The number of rotatable bonds is 5. The summed E-state index contributed by atoms with van der Waals surface area (Å²) in [5.74, 6) is 0.118. The third-order valence-corrected chi connectivity index (χ3v) is 3.91. The molecule has 26 heavy (non-hydrogen) atoms. The zero-order chi connectivity index (χ0) is 18.8. The molecule has 0 fully saturated rings. The van der Waals surface area contributed by atoms with Crippen molar-refractivity contribution in [3.63, 3.8) is 0 Å². The number of hydrogen-bond donors (Lipinski definition) is 1. The Bertz CT molecular complexity index is 970. The molecule has 0 radical (unpaired) electrons. The number of benzene rings is 1. The number of carbonyl (C=O) groups is 1. The average molecular weight is 361 g/mol. The molecule has 0 bridgehead atoms. The topological polar surface area (TPSA) is 78.8 Å². The van der Waals surface area contributed by atoms with E-state index in [2.05, 4.69) is 5.10 Å². The summed E-state index contributed by atoms with van der Waals surface area (Å²) in [7, 11) is 0. The number of nitrogens with zero attached hydrogens (tertiary/aromatic N) is 2. The van der Waals surface area contributed by atoms with Crippen molar-refractivity contribution in [3.8, 4) is 11.5 Å². The van der Waals surface area contributed by atoms with Gasteiger partial charge in [-0.2, -0.15) is 5.10 Å². The maximum Gasteiger partial charge on any atom is 0.340 e. The fourth-order valence-electron chi connectivity index (χ4n) is 2.65. The van der Waals surface area contributed by atoms with Gasteiger partial charge in [-0.15, -0.1) is 0 Å². The van der Waals surface area contributed by atoms with Crippen LogP contribution < -0.4 is 10.5 Å². The molecule has 0 aliphatic carbocycles. The molecule has 0 atom stereocenters. The highest BCUT2D eigenvalue weighted by Gasteiger charge is 2.19. The smallest absolute Gasteiger partial charge is 0.340 e. The minimum absolute atomic E-state index is 0.00399. The molecule has 2 heterocycles. The summed E-state index contributed by atoms with van der Waals surface area (Å²) in [6, 6.07) is 5.66. The van der Waals surface area contributed by atoms with Crippen LogP contribution in [-0.2, 0) is 4.74 Å². The molecular weight excluding hydrogens is 344 g/mol. The maximum absolute atomic E-state index is 13.0. The van der Waals surface area contributed by atoms with E-state index in [1.165, 1.54) is 28.9 Å². The number of nitrogen functional groups attached to an aromatic ring is 1. The van der Waals surface area contributed by atoms with Crippen molar-refractivity contribution in [1.29, 1.82) is 0 Å². The van der Waals surface area contributed by atoms with Gasteiger partial charge in [-0.1, -0.05) is 0 Å². The van der Waals surface area contributed by atoms with Crippen molar-refractivity contribution in [2.24, 2.45) is 0 Å². The van der Waals surface area contributed by atoms with Gasteiger partial charge < -0.3 is 15.2 Å². The van der Waals surface area contributed by atoms with E-state index in [4.69, 9.17) is 15.2 Å². The Morgan fingerprint density at radius 1 is 1.35 bits per heavy atom. The molecule has 0 saturated heterocycles. The van der Waals surface area contributed by atoms with Crippen LogP contribution in [0.25, 0.3) is 5.52 Å². The monoisotopic (exact) mass is 361 g/mol. The number of esters is 1. The lowest BCUT2D eigenvalue weighted by Crippen LogP contribution is -2.04. The molecule has 8 heteroatoms. The number of ether oxygens (including phenoxy) is 2. The Morgan fingerprint density at radius 2 is 2.12 bits per heavy atom. The van der Waals surface area contributed by atoms with Crippen molar-refractivity contribution in [1.82, 2.24) is 9.61 Å². The van der Waals surface area contributed by atoms with Crippen LogP contribution in [0, 0.1) is 6.92 Å². The second-order valence-electron chi connectivity index (χ2n) is 5.57. The fraction of sp³-hybridized carbons (Fsp3) is 0.222. The van der Waals surface area contributed by atoms with Crippen LogP contribution in [0.15, 0.2) is 36.7 Å². The quantitative estimate of drug-likeness (QED) is 0.546. The first-order chi connectivity index (χ1) is 12.4. The summed E-state index contributed by atoms with van der Waals surface area (Å²) in [6.07, 6.45) is 0.326. The van der Waals surface area contributed by atoms with Crippen molar-refractivity contribution in [2.75, 3.05) is 12.3 Å². The van der Waals surface area contributed by atoms with Gasteiger partial charge >= 0.3 is 5.97 Å². The molecule has 6 nitrogen and oxygen atoms in total. The Balaban J connectivity index is 2.04. The largest absolute Gasteiger partial charge is 0.462 e. The first-order valence-corrected chi connectivity index (χ1v) is 7.91. The number of alkyl halides is 2. The Kier molecular flexibility index (Phi) is 4.75. The van der Waals surface area contributed by atoms with Crippen molar-refractivity contribution in [2.45, 2.75) is 20.3 Å². The third-order valence-electron chi connectivity index (χ3n) is 3.91.